The summed E-state index contributed by atoms with van der Waals surface area (Å²) in [5.41, 5.74) is 2.03. The summed E-state index contributed by atoms with van der Waals surface area (Å²) in [5.74, 6) is -0.396. The lowest BCUT2D eigenvalue weighted by Gasteiger charge is -2.33. The number of likely N-dealkylation sites (N-methyl/N-ethyl adjacent to an activating group) is 1. The molecule has 96 valence electrons. The maximum absolute atomic E-state index is 12.0. The molecule has 1 atom stereocenters. The van der Waals surface area contributed by atoms with Crippen molar-refractivity contribution >= 4 is 23.3 Å². The highest BCUT2D eigenvalue weighted by Crippen LogP contribution is 2.32. The number of fused-ring (bicyclic) bond motifs is 1. The average Bonchev–Trinajstić information content (AvgIpc) is 2.39. The van der Waals surface area contributed by atoms with Gasteiger partial charge in [0.15, 0.2) is 0 Å². The third-order valence-electron chi connectivity index (χ3n) is 3.03. The Bertz CT molecular complexity index is 499. The summed E-state index contributed by atoms with van der Waals surface area (Å²) in [6.45, 7) is 4.30. The number of benzene rings is 1. The fourth-order valence-electron chi connectivity index (χ4n) is 2.10. The minimum Gasteiger partial charge on any atom is -0.465 e. The fourth-order valence-corrected chi connectivity index (χ4v) is 2.10. The van der Waals surface area contributed by atoms with Crippen molar-refractivity contribution in [1.29, 1.82) is 0 Å². The molecule has 0 fully saturated rings. The van der Waals surface area contributed by atoms with E-state index in [9.17, 15) is 9.59 Å². The van der Waals surface area contributed by atoms with Crippen molar-refractivity contribution in [3.05, 3.63) is 23.8 Å². The van der Waals surface area contributed by atoms with Crippen molar-refractivity contribution < 1.29 is 14.3 Å². The minimum atomic E-state index is -0.403. The molecule has 0 radical (unpaired) electrons. The molecule has 1 amide bonds. The number of rotatable bonds is 2. The van der Waals surface area contributed by atoms with E-state index in [-0.39, 0.29) is 11.9 Å². The van der Waals surface area contributed by atoms with Crippen LogP contribution in [0.1, 0.15) is 24.2 Å². The Morgan fingerprint density at radius 1 is 1.50 bits per heavy atom. The quantitative estimate of drug-likeness (QED) is 0.808. The summed E-state index contributed by atoms with van der Waals surface area (Å²) in [4.78, 5) is 25.2. The number of hydrogen-bond donors (Lipinski definition) is 1. The lowest BCUT2D eigenvalue weighted by atomic mass is 10.1. The molecular weight excluding hydrogens is 232 g/mol. The van der Waals surface area contributed by atoms with Gasteiger partial charge >= 0.3 is 5.97 Å². The highest BCUT2D eigenvalue weighted by molar-refractivity contribution is 6.06. The smallest absolute Gasteiger partial charge is 0.337 e. The van der Waals surface area contributed by atoms with Crippen molar-refractivity contribution in [2.24, 2.45) is 0 Å². The second-order valence-electron chi connectivity index (χ2n) is 4.17. The van der Waals surface area contributed by atoms with E-state index in [4.69, 9.17) is 0 Å². The van der Waals surface area contributed by atoms with Crippen molar-refractivity contribution in [2.45, 2.75) is 19.9 Å². The molecule has 1 aromatic rings. The van der Waals surface area contributed by atoms with Crippen LogP contribution in [0, 0.1) is 0 Å². The summed E-state index contributed by atoms with van der Waals surface area (Å²) >= 11 is 0. The molecule has 0 bridgehead atoms. The van der Waals surface area contributed by atoms with Crippen LogP contribution in [0.5, 0.6) is 0 Å². The summed E-state index contributed by atoms with van der Waals surface area (Å²) in [5, 5.41) is 3.11. The van der Waals surface area contributed by atoms with Crippen molar-refractivity contribution in [1.82, 2.24) is 0 Å². The molecule has 0 aromatic heterocycles. The minimum absolute atomic E-state index is 0.00650. The van der Waals surface area contributed by atoms with E-state index < -0.39 is 5.97 Å². The number of nitrogens with zero attached hydrogens (tertiary/aromatic N) is 1. The zero-order chi connectivity index (χ0) is 13.3. The second kappa shape index (κ2) is 4.68. The SMILES string of the molecule is CCN1C(=O)C(C)Nc2ccc(C(=O)OC)cc21. The Morgan fingerprint density at radius 3 is 2.83 bits per heavy atom. The van der Waals surface area contributed by atoms with Crippen molar-refractivity contribution in [2.75, 3.05) is 23.9 Å². The number of esters is 1. The summed E-state index contributed by atoms with van der Waals surface area (Å²) in [6, 6.07) is 4.92. The van der Waals surface area contributed by atoms with Gasteiger partial charge in [0.25, 0.3) is 0 Å². The van der Waals surface area contributed by atoms with Gasteiger partial charge in [-0.15, -0.1) is 0 Å². The first kappa shape index (κ1) is 12.4. The van der Waals surface area contributed by atoms with Crippen LogP contribution in [-0.2, 0) is 9.53 Å². The monoisotopic (exact) mass is 248 g/mol. The number of amides is 1. The Kier molecular flexibility index (Phi) is 3.23. The molecule has 5 heteroatoms. The van der Waals surface area contributed by atoms with Gasteiger partial charge in [-0.2, -0.15) is 0 Å². The van der Waals surface area contributed by atoms with Crippen LogP contribution in [-0.4, -0.2) is 31.6 Å². The van der Waals surface area contributed by atoms with Gasteiger partial charge in [-0.3, -0.25) is 4.79 Å². The Balaban J connectivity index is 2.47. The molecule has 5 nitrogen and oxygen atoms in total. The number of anilines is 2. The third-order valence-corrected chi connectivity index (χ3v) is 3.03. The van der Waals surface area contributed by atoms with Gasteiger partial charge in [0.05, 0.1) is 24.0 Å². The number of carbonyl (C=O) groups excluding carboxylic acids is 2. The van der Waals surface area contributed by atoms with E-state index in [0.717, 1.165) is 11.4 Å². The van der Waals surface area contributed by atoms with Crippen LogP contribution in [0.2, 0.25) is 0 Å². The van der Waals surface area contributed by atoms with E-state index in [0.29, 0.717) is 12.1 Å². The molecule has 2 rings (SSSR count). The van der Waals surface area contributed by atoms with Gasteiger partial charge in [0, 0.05) is 6.54 Å². The summed E-state index contributed by atoms with van der Waals surface area (Å²) in [6.07, 6.45) is 0. The standard InChI is InChI=1S/C13H16N2O3/c1-4-15-11-7-9(13(17)18-3)5-6-10(11)14-8(2)12(15)16/h5-8,14H,4H2,1-3H3. The number of hydrogen-bond acceptors (Lipinski definition) is 4. The van der Waals surface area contributed by atoms with Gasteiger partial charge in [0.2, 0.25) is 5.91 Å². The molecule has 0 aliphatic carbocycles. The van der Waals surface area contributed by atoms with E-state index >= 15 is 0 Å². The molecule has 0 saturated carbocycles. The largest absolute Gasteiger partial charge is 0.465 e. The highest BCUT2D eigenvalue weighted by atomic mass is 16.5. The number of methoxy groups -OCH3 is 1. The van der Waals surface area contributed by atoms with Gasteiger partial charge in [-0.1, -0.05) is 0 Å². The molecule has 1 unspecified atom stereocenters. The van der Waals surface area contributed by atoms with Crippen LogP contribution >= 0.6 is 0 Å². The van der Waals surface area contributed by atoms with Gasteiger partial charge < -0.3 is 15.0 Å². The van der Waals surface area contributed by atoms with E-state index in [1.165, 1.54) is 7.11 Å². The molecule has 1 aromatic carbocycles. The Labute approximate surface area is 106 Å². The van der Waals surface area contributed by atoms with Crippen LogP contribution in [0.4, 0.5) is 11.4 Å². The van der Waals surface area contributed by atoms with Gasteiger partial charge in [-0.25, -0.2) is 4.79 Å². The lowest BCUT2D eigenvalue weighted by molar-refractivity contribution is -0.119. The summed E-state index contributed by atoms with van der Waals surface area (Å²) < 4.78 is 4.68. The fraction of sp³-hybridized carbons (Fsp3) is 0.385. The Hall–Kier alpha value is -2.04. The first-order valence-electron chi connectivity index (χ1n) is 5.88. The predicted octanol–water partition coefficient (Wildman–Crippen LogP) is 1.64. The second-order valence-corrected chi connectivity index (χ2v) is 4.17. The first-order valence-corrected chi connectivity index (χ1v) is 5.88. The molecule has 1 N–H and O–H groups in total. The zero-order valence-electron chi connectivity index (χ0n) is 10.7. The third kappa shape index (κ3) is 1.92. The molecule has 18 heavy (non-hydrogen) atoms. The van der Waals surface area contributed by atoms with Crippen LogP contribution in [0.3, 0.4) is 0 Å². The first-order chi connectivity index (χ1) is 8.58. The van der Waals surface area contributed by atoms with Crippen LogP contribution in [0.25, 0.3) is 0 Å². The average molecular weight is 248 g/mol. The number of ether oxygens (including phenoxy) is 1. The van der Waals surface area contributed by atoms with Crippen LogP contribution < -0.4 is 10.2 Å². The maximum Gasteiger partial charge on any atom is 0.337 e. The number of nitrogens with one attached hydrogen (secondary N) is 1. The Morgan fingerprint density at radius 2 is 2.22 bits per heavy atom. The molecular formula is C13H16N2O3. The van der Waals surface area contributed by atoms with Crippen molar-refractivity contribution in [3.8, 4) is 0 Å². The molecule has 1 heterocycles. The summed E-state index contributed by atoms with van der Waals surface area (Å²) in [7, 11) is 1.34. The van der Waals surface area contributed by atoms with Crippen LogP contribution in [0.15, 0.2) is 18.2 Å². The van der Waals surface area contributed by atoms with E-state index in [1.807, 2.05) is 13.8 Å². The topological polar surface area (TPSA) is 58.6 Å². The molecule has 1 aliphatic heterocycles. The highest BCUT2D eigenvalue weighted by Gasteiger charge is 2.29. The van der Waals surface area contributed by atoms with Crippen molar-refractivity contribution in [3.63, 3.8) is 0 Å². The number of carbonyl (C=O) groups is 2. The molecule has 0 saturated heterocycles. The molecule has 1 aliphatic rings. The predicted molar refractivity (Wildman–Crippen MR) is 68.9 cm³/mol. The normalized spacial score (nSPS) is 18.1. The maximum atomic E-state index is 12.0. The van der Waals surface area contributed by atoms with Gasteiger partial charge in [0.1, 0.15) is 6.04 Å². The van der Waals surface area contributed by atoms with E-state index in [1.54, 1.807) is 23.1 Å². The van der Waals surface area contributed by atoms with Gasteiger partial charge in [-0.05, 0) is 32.0 Å². The lowest BCUT2D eigenvalue weighted by Crippen LogP contribution is -2.45. The molecule has 0 spiro atoms. The zero-order valence-corrected chi connectivity index (χ0v) is 10.7. The van der Waals surface area contributed by atoms with E-state index in [2.05, 4.69) is 10.1 Å².